The minimum atomic E-state index is -1.10. The number of aryl methyl sites for hydroxylation is 2. The van der Waals surface area contributed by atoms with Crippen LogP contribution in [0.2, 0.25) is 0 Å². The second-order valence-corrected chi connectivity index (χ2v) is 13.0. The number of carbonyl (C=O) groups excluding carboxylic acids is 4. The molecule has 14 nitrogen and oxygen atoms in total. The van der Waals surface area contributed by atoms with Crippen molar-refractivity contribution in [2.24, 2.45) is 11.8 Å². The molecule has 250 valence electrons. The number of hydrogen-bond donors (Lipinski definition) is 0. The van der Waals surface area contributed by atoms with Crippen LogP contribution in [0.25, 0.3) is 0 Å². The molecule has 4 heterocycles. The lowest BCUT2D eigenvalue weighted by Gasteiger charge is -2.35. The lowest BCUT2D eigenvalue weighted by Crippen LogP contribution is -2.50. The maximum atomic E-state index is 14.5. The average Bonchev–Trinajstić information content (AvgIpc) is 3.77. The first-order chi connectivity index (χ1) is 24.0. The molecule has 4 aliphatic rings. The molecule has 0 N–H and O–H groups in total. The highest BCUT2D eigenvalue weighted by Crippen LogP contribution is 2.59. The molecule has 6 atom stereocenters. The van der Waals surface area contributed by atoms with E-state index in [-0.39, 0.29) is 22.7 Å². The van der Waals surface area contributed by atoms with Crippen LogP contribution < -0.4 is 9.80 Å². The molecule has 0 bridgehead atoms. The smallest absolute Gasteiger partial charge is 0.269 e. The van der Waals surface area contributed by atoms with Crippen LogP contribution >= 0.6 is 0 Å². The normalized spacial score (nSPS) is 26.0. The molecular weight excluding hydrogens is 644 g/mol. The zero-order valence-corrected chi connectivity index (χ0v) is 26.7. The van der Waals surface area contributed by atoms with Gasteiger partial charge in [0.2, 0.25) is 11.8 Å². The minimum absolute atomic E-state index is 0.178. The number of benzene rings is 4. The lowest BCUT2D eigenvalue weighted by molar-refractivity contribution is -0.385. The zero-order valence-electron chi connectivity index (χ0n) is 26.7. The number of non-ortho nitro benzene ring substituents is 2. The van der Waals surface area contributed by atoms with Gasteiger partial charge in [-0.1, -0.05) is 59.7 Å². The molecule has 4 fully saturated rings. The number of nitro groups is 2. The first-order valence-corrected chi connectivity index (χ1v) is 15.9. The van der Waals surface area contributed by atoms with Crippen molar-refractivity contribution >= 4 is 46.4 Å². The summed E-state index contributed by atoms with van der Waals surface area (Å²) < 4.78 is 0. The number of amides is 4. The summed E-state index contributed by atoms with van der Waals surface area (Å²) in [5.74, 6) is -4.19. The van der Waals surface area contributed by atoms with Crippen LogP contribution in [0.15, 0.2) is 97.1 Å². The number of hydrazine groups is 1. The fourth-order valence-corrected chi connectivity index (χ4v) is 7.98. The van der Waals surface area contributed by atoms with Crippen molar-refractivity contribution in [3.8, 4) is 0 Å². The topological polar surface area (TPSA) is 168 Å². The molecule has 0 radical (unpaired) electrons. The highest BCUT2D eigenvalue weighted by Gasteiger charge is 2.73. The van der Waals surface area contributed by atoms with Gasteiger partial charge >= 0.3 is 0 Å². The van der Waals surface area contributed by atoms with Gasteiger partial charge in [0.15, 0.2) is 0 Å². The Balaban J connectivity index is 1.29. The molecule has 4 aromatic carbocycles. The quantitative estimate of drug-likeness (QED) is 0.161. The van der Waals surface area contributed by atoms with Crippen molar-refractivity contribution in [2.45, 2.75) is 38.0 Å². The summed E-state index contributed by atoms with van der Waals surface area (Å²) in [6.45, 7) is 3.82. The summed E-state index contributed by atoms with van der Waals surface area (Å²) in [6.07, 6.45) is 0. The SMILES string of the molecule is Cc1ccc(C2C3C(=O)N(c4ccc([N+](=O)[O-])cc4)C(=O)C3N3C(c4ccc(C)cc4)C4C(=O)N(c5ccc([N+](=O)[O-])cc5)C(=O)C4N23)cc1. The third kappa shape index (κ3) is 4.42. The van der Waals surface area contributed by atoms with E-state index in [1.807, 2.05) is 62.4 Å². The van der Waals surface area contributed by atoms with E-state index in [4.69, 9.17) is 0 Å². The van der Waals surface area contributed by atoms with Gasteiger partial charge in [0, 0.05) is 24.3 Å². The maximum Gasteiger partial charge on any atom is 0.269 e. The van der Waals surface area contributed by atoms with Gasteiger partial charge in [0.25, 0.3) is 23.2 Å². The van der Waals surface area contributed by atoms with E-state index in [0.29, 0.717) is 11.1 Å². The van der Waals surface area contributed by atoms with Gasteiger partial charge in [-0.25, -0.2) is 19.8 Å². The van der Waals surface area contributed by atoms with Crippen LogP contribution in [0.3, 0.4) is 0 Å². The monoisotopic (exact) mass is 672 g/mol. The molecule has 0 aromatic heterocycles. The van der Waals surface area contributed by atoms with E-state index in [2.05, 4.69) is 0 Å². The molecule has 0 aliphatic carbocycles. The molecule has 14 heteroatoms. The van der Waals surface area contributed by atoms with Crippen molar-refractivity contribution < 1.29 is 29.0 Å². The molecule has 4 amide bonds. The Kier molecular flexibility index (Phi) is 6.99. The highest BCUT2D eigenvalue weighted by molar-refractivity contribution is 6.26. The molecule has 0 saturated carbocycles. The first kappa shape index (κ1) is 31.2. The molecule has 50 heavy (non-hydrogen) atoms. The van der Waals surface area contributed by atoms with Gasteiger partial charge in [-0.3, -0.25) is 39.4 Å². The Hall–Kier alpha value is -6.12. The summed E-state index contributed by atoms with van der Waals surface area (Å²) in [5.41, 5.74) is 3.20. The largest absolute Gasteiger partial charge is 0.274 e. The van der Waals surface area contributed by atoms with Crippen LogP contribution in [0.1, 0.15) is 34.3 Å². The third-order valence-electron chi connectivity index (χ3n) is 10.2. The van der Waals surface area contributed by atoms with Crippen LogP contribution in [-0.4, -0.2) is 55.6 Å². The predicted octanol–water partition coefficient (Wildman–Crippen LogP) is 4.56. The van der Waals surface area contributed by atoms with Crippen LogP contribution in [0.5, 0.6) is 0 Å². The van der Waals surface area contributed by atoms with E-state index in [9.17, 15) is 39.4 Å². The predicted molar refractivity (Wildman–Crippen MR) is 177 cm³/mol. The lowest BCUT2D eigenvalue weighted by atomic mass is 9.84. The number of nitrogens with zero attached hydrogens (tertiary/aromatic N) is 6. The van der Waals surface area contributed by atoms with E-state index >= 15 is 0 Å². The summed E-state index contributed by atoms with van der Waals surface area (Å²) in [7, 11) is 0. The van der Waals surface area contributed by atoms with Crippen LogP contribution in [0, 0.1) is 45.9 Å². The number of rotatable bonds is 6. The Morgan fingerprint density at radius 2 is 0.780 bits per heavy atom. The summed E-state index contributed by atoms with van der Waals surface area (Å²) in [6, 6.07) is 21.3. The Morgan fingerprint density at radius 3 is 1.08 bits per heavy atom. The van der Waals surface area contributed by atoms with E-state index in [1.54, 1.807) is 10.0 Å². The van der Waals surface area contributed by atoms with Gasteiger partial charge in [0.05, 0.1) is 45.1 Å². The molecule has 8 rings (SSSR count). The van der Waals surface area contributed by atoms with E-state index in [1.165, 1.54) is 48.5 Å². The fourth-order valence-electron chi connectivity index (χ4n) is 7.98. The Bertz CT molecular complexity index is 1970. The van der Waals surface area contributed by atoms with Crippen molar-refractivity contribution in [1.82, 2.24) is 10.0 Å². The van der Waals surface area contributed by atoms with Gasteiger partial charge in [-0.05, 0) is 49.2 Å². The number of imide groups is 2. The second kappa shape index (κ2) is 11.2. The van der Waals surface area contributed by atoms with E-state index < -0.39 is 69.5 Å². The number of fused-ring (bicyclic) bond motifs is 5. The van der Waals surface area contributed by atoms with Crippen molar-refractivity contribution in [2.75, 3.05) is 9.80 Å². The summed E-state index contributed by atoms with van der Waals surface area (Å²) in [4.78, 5) is 81.7. The first-order valence-electron chi connectivity index (χ1n) is 15.9. The molecule has 4 saturated heterocycles. The standard InChI is InChI=1S/C36H28N6O8/c1-19-3-7-21(8-4-19)29-27-31(35(45)37(33(27)43)23-11-15-25(16-12-23)41(47)48)40-30(22-9-5-20(2)6-10-22)28-32(39(29)40)36(46)38(34(28)44)24-13-17-26(18-14-24)42(49)50/h3-18,27-32H,1-2H3. The van der Waals surface area contributed by atoms with Gasteiger partial charge in [0.1, 0.15) is 12.1 Å². The van der Waals surface area contributed by atoms with Crippen molar-refractivity contribution in [3.63, 3.8) is 0 Å². The van der Waals surface area contributed by atoms with Gasteiger partial charge < -0.3 is 0 Å². The number of anilines is 2. The second-order valence-electron chi connectivity index (χ2n) is 13.0. The molecule has 4 aromatic rings. The molecule has 0 spiro atoms. The summed E-state index contributed by atoms with van der Waals surface area (Å²) in [5, 5.41) is 26.1. The highest BCUT2D eigenvalue weighted by atomic mass is 16.6. The maximum absolute atomic E-state index is 14.5. The molecule has 6 unspecified atom stereocenters. The zero-order chi connectivity index (χ0) is 35.2. The number of nitro benzene ring substituents is 2. The van der Waals surface area contributed by atoms with Crippen LogP contribution in [0.4, 0.5) is 22.7 Å². The average molecular weight is 673 g/mol. The van der Waals surface area contributed by atoms with Gasteiger partial charge in [-0.2, -0.15) is 0 Å². The molecule has 4 aliphatic heterocycles. The van der Waals surface area contributed by atoms with Crippen molar-refractivity contribution in [1.29, 1.82) is 0 Å². The molecular formula is C36H28N6O8. The fraction of sp³-hybridized carbons (Fsp3) is 0.222. The van der Waals surface area contributed by atoms with Crippen LogP contribution in [-0.2, 0) is 19.2 Å². The number of carbonyl (C=O) groups is 4. The van der Waals surface area contributed by atoms with Crippen molar-refractivity contribution in [3.05, 3.63) is 140 Å². The summed E-state index contributed by atoms with van der Waals surface area (Å²) >= 11 is 0. The minimum Gasteiger partial charge on any atom is -0.274 e. The van der Waals surface area contributed by atoms with Gasteiger partial charge in [-0.15, -0.1) is 0 Å². The van der Waals surface area contributed by atoms with E-state index in [0.717, 1.165) is 20.9 Å². The number of hydrogen-bond acceptors (Lipinski definition) is 10. The Morgan fingerprint density at radius 1 is 0.460 bits per heavy atom. The Labute approximate surface area is 284 Å². The third-order valence-corrected chi connectivity index (χ3v) is 10.2.